The van der Waals surface area contributed by atoms with E-state index in [1.165, 1.54) is 11.1 Å². The molecular weight excluding hydrogens is 228 g/mol. The van der Waals surface area contributed by atoms with Crippen molar-refractivity contribution in [2.24, 2.45) is 0 Å². The summed E-state index contributed by atoms with van der Waals surface area (Å²) in [6.45, 7) is 5.76. The monoisotopic (exact) mass is 250 g/mol. The molecule has 0 aliphatic carbocycles. The number of hydrogen-bond donors (Lipinski definition) is 1. The Bertz CT molecular complexity index is 334. The number of hydroxylamine groups is 1. The summed E-state index contributed by atoms with van der Waals surface area (Å²) in [6, 6.07) is 8.71. The molecule has 0 radical (unpaired) electrons. The third kappa shape index (κ3) is 4.38. The van der Waals surface area contributed by atoms with Crippen molar-refractivity contribution in [3.05, 3.63) is 35.4 Å². The van der Waals surface area contributed by atoms with Crippen LogP contribution in [0, 0.1) is 0 Å². The van der Waals surface area contributed by atoms with Crippen LogP contribution in [-0.2, 0) is 22.5 Å². The molecule has 1 saturated heterocycles. The van der Waals surface area contributed by atoms with E-state index in [1.807, 2.05) is 0 Å². The summed E-state index contributed by atoms with van der Waals surface area (Å²) in [5.74, 6) is 0. The number of ether oxygens (including phenoxy) is 1. The molecule has 1 aromatic carbocycles. The van der Waals surface area contributed by atoms with Crippen molar-refractivity contribution in [2.45, 2.75) is 13.0 Å². The van der Waals surface area contributed by atoms with Crippen LogP contribution in [0.15, 0.2) is 24.3 Å². The highest BCUT2D eigenvalue weighted by atomic mass is 16.6. The van der Waals surface area contributed by atoms with Crippen LogP contribution < -0.4 is 5.48 Å². The van der Waals surface area contributed by atoms with Gasteiger partial charge >= 0.3 is 0 Å². The van der Waals surface area contributed by atoms with Gasteiger partial charge in [-0.1, -0.05) is 24.3 Å². The minimum absolute atomic E-state index is 0.750. The van der Waals surface area contributed by atoms with Gasteiger partial charge < -0.3 is 9.57 Å². The summed E-state index contributed by atoms with van der Waals surface area (Å²) in [5, 5.41) is 0. The Morgan fingerprint density at radius 1 is 1.17 bits per heavy atom. The minimum Gasteiger partial charge on any atom is -0.379 e. The van der Waals surface area contributed by atoms with Gasteiger partial charge in [0.25, 0.3) is 0 Å². The Labute approximate surface area is 109 Å². The molecule has 100 valence electrons. The second-order valence-corrected chi connectivity index (χ2v) is 4.55. The maximum Gasteiger partial charge on any atom is 0.0594 e. The molecule has 1 aliphatic rings. The molecule has 1 N–H and O–H groups in total. The molecule has 1 fully saturated rings. The second kappa shape index (κ2) is 7.48. The van der Waals surface area contributed by atoms with E-state index >= 15 is 0 Å². The molecule has 1 aliphatic heterocycles. The normalized spacial score (nSPS) is 16.9. The SMILES string of the molecule is CONCc1ccc(CCN2CCOCC2)cc1. The van der Waals surface area contributed by atoms with Crippen molar-refractivity contribution in [1.82, 2.24) is 10.4 Å². The van der Waals surface area contributed by atoms with Crippen molar-refractivity contribution in [3.63, 3.8) is 0 Å². The third-order valence-electron chi connectivity index (χ3n) is 3.26. The van der Waals surface area contributed by atoms with Crippen LogP contribution in [0.25, 0.3) is 0 Å². The van der Waals surface area contributed by atoms with Crippen LogP contribution >= 0.6 is 0 Å². The molecule has 0 saturated carbocycles. The lowest BCUT2D eigenvalue weighted by Gasteiger charge is -2.26. The fourth-order valence-corrected chi connectivity index (χ4v) is 2.09. The Morgan fingerprint density at radius 3 is 2.50 bits per heavy atom. The zero-order valence-electron chi connectivity index (χ0n) is 11.0. The van der Waals surface area contributed by atoms with Gasteiger partial charge in [-0.3, -0.25) is 4.90 Å². The van der Waals surface area contributed by atoms with Gasteiger partial charge in [0.05, 0.1) is 20.3 Å². The van der Waals surface area contributed by atoms with Crippen molar-refractivity contribution in [3.8, 4) is 0 Å². The molecule has 2 rings (SSSR count). The van der Waals surface area contributed by atoms with Gasteiger partial charge in [0.1, 0.15) is 0 Å². The molecule has 0 aromatic heterocycles. The van der Waals surface area contributed by atoms with Gasteiger partial charge in [-0.05, 0) is 17.5 Å². The standard InChI is InChI=1S/C14H22N2O2/c1-17-15-12-14-4-2-13(3-5-14)6-7-16-8-10-18-11-9-16/h2-5,15H,6-12H2,1H3. The second-order valence-electron chi connectivity index (χ2n) is 4.55. The molecule has 1 aromatic rings. The van der Waals surface area contributed by atoms with Gasteiger partial charge in [-0.15, -0.1) is 0 Å². The summed E-state index contributed by atoms with van der Waals surface area (Å²) < 4.78 is 5.34. The first-order valence-electron chi connectivity index (χ1n) is 6.52. The Morgan fingerprint density at radius 2 is 1.83 bits per heavy atom. The third-order valence-corrected chi connectivity index (χ3v) is 3.26. The fourth-order valence-electron chi connectivity index (χ4n) is 2.09. The van der Waals surface area contributed by atoms with Crippen LogP contribution in [-0.4, -0.2) is 44.9 Å². The van der Waals surface area contributed by atoms with Gasteiger partial charge in [0.15, 0.2) is 0 Å². The largest absolute Gasteiger partial charge is 0.379 e. The zero-order valence-corrected chi connectivity index (χ0v) is 11.0. The van der Waals surface area contributed by atoms with Crippen molar-refractivity contribution in [1.29, 1.82) is 0 Å². The summed E-state index contributed by atoms with van der Waals surface area (Å²) in [5.41, 5.74) is 5.48. The van der Waals surface area contributed by atoms with Crippen LogP contribution in [0.5, 0.6) is 0 Å². The first-order chi connectivity index (χ1) is 8.88. The quantitative estimate of drug-likeness (QED) is 0.770. The summed E-state index contributed by atoms with van der Waals surface area (Å²) in [7, 11) is 1.64. The van der Waals surface area contributed by atoms with Crippen molar-refractivity contribution in [2.75, 3.05) is 40.0 Å². The van der Waals surface area contributed by atoms with Gasteiger partial charge in [0, 0.05) is 26.2 Å². The van der Waals surface area contributed by atoms with E-state index in [9.17, 15) is 0 Å². The van der Waals surface area contributed by atoms with Gasteiger partial charge in [-0.25, -0.2) is 0 Å². The average Bonchev–Trinajstić information content (AvgIpc) is 2.45. The Kier molecular flexibility index (Phi) is 5.61. The predicted molar refractivity (Wildman–Crippen MR) is 71.3 cm³/mol. The van der Waals surface area contributed by atoms with E-state index in [1.54, 1.807) is 7.11 Å². The lowest BCUT2D eigenvalue weighted by molar-refractivity contribution is 0.0384. The summed E-state index contributed by atoms with van der Waals surface area (Å²) >= 11 is 0. The molecule has 4 heteroatoms. The lowest BCUT2D eigenvalue weighted by Crippen LogP contribution is -2.37. The Hall–Kier alpha value is -0.940. The summed E-state index contributed by atoms with van der Waals surface area (Å²) in [6.07, 6.45) is 1.11. The van der Waals surface area contributed by atoms with Crippen LogP contribution in [0.4, 0.5) is 0 Å². The maximum atomic E-state index is 5.34. The van der Waals surface area contributed by atoms with Crippen LogP contribution in [0.2, 0.25) is 0 Å². The molecule has 0 spiro atoms. The number of nitrogens with zero attached hydrogens (tertiary/aromatic N) is 1. The number of morpholine rings is 1. The minimum atomic E-state index is 0.750. The first-order valence-corrected chi connectivity index (χ1v) is 6.52. The smallest absolute Gasteiger partial charge is 0.0594 e. The first kappa shape index (κ1) is 13.5. The highest BCUT2D eigenvalue weighted by Gasteiger charge is 2.09. The molecular formula is C14H22N2O2. The predicted octanol–water partition coefficient (Wildman–Crippen LogP) is 1.21. The highest BCUT2D eigenvalue weighted by Crippen LogP contribution is 2.07. The topological polar surface area (TPSA) is 33.7 Å². The van der Waals surface area contributed by atoms with E-state index < -0.39 is 0 Å². The molecule has 4 nitrogen and oxygen atoms in total. The molecule has 0 unspecified atom stereocenters. The lowest BCUT2D eigenvalue weighted by atomic mass is 10.1. The molecule has 0 bridgehead atoms. The van der Waals surface area contributed by atoms with E-state index in [-0.39, 0.29) is 0 Å². The number of hydrogen-bond acceptors (Lipinski definition) is 4. The molecule has 1 heterocycles. The van der Waals surface area contributed by atoms with Gasteiger partial charge in [0.2, 0.25) is 0 Å². The van der Waals surface area contributed by atoms with E-state index in [0.29, 0.717) is 0 Å². The fraction of sp³-hybridized carbons (Fsp3) is 0.571. The molecule has 0 amide bonds. The maximum absolute atomic E-state index is 5.34. The van der Waals surface area contributed by atoms with Gasteiger partial charge in [-0.2, -0.15) is 5.48 Å². The molecule has 18 heavy (non-hydrogen) atoms. The number of benzene rings is 1. The number of rotatable bonds is 6. The Balaban J connectivity index is 1.75. The van der Waals surface area contributed by atoms with Crippen molar-refractivity contribution < 1.29 is 9.57 Å². The van der Waals surface area contributed by atoms with E-state index in [0.717, 1.165) is 45.8 Å². The van der Waals surface area contributed by atoms with E-state index in [2.05, 4.69) is 34.6 Å². The molecule has 0 atom stereocenters. The number of nitrogens with one attached hydrogen (secondary N) is 1. The van der Waals surface area contributed by atoms with E-state index in [4.69, 9.17) is 9.57 Å². The zero-order chi connectivity index (χ0) is 12.6. The summed E-state index contributed by atoms with van der Waals surface area (Å²) in [4.78, 5) is 7.30. The highest BCUT2D eigenvalue weighted by molar-refractivity contribution is 5.22. The van der Waals surface area contributed by atoms with Crippen molar-refractivity contribution >= 4 is 0 Å². The van der Waals surface area contributed by atoms with Crippen LogP contribution in [0.3, 0.4) is 0 Å². The van der Waals surface area contributed by atoms with Crippen LogP contribution in [0.1, 0.15) is 11.1 Å². The average molecular weight is 250 g/mol.